The fourth-order valence-electron chi connectivity index (χ4n) is 1.59. The Kier molecular flexibility index (Phi) is 4.07. The van der Waals surface area contributed by atoms with Gasteiger partial charge in [-0.25, -0.2) is 8.42 Å². The second-order valence-electron chi connectivity index (χ2n) is 3.85. The molecular weight excluding hydrogens is 228 g/mol. The number of hydrogen-bond acceptors (Lipinski definition) is 4. The summed E-state index contributed by atoms with van der Waals surface area (Å²) in [5.74, 6) is 0. The molecule has 0 saturated heterocycles. The maximum atomic E-state index is 11.4. The number of rotatable bonds is 4. The molecule has 0 aliphatic carbocycles. The van der Waals surface area contributed by atoms with Gasteiger partial charge in [0.2, 0.25) is 0 Å². The van der Waals surface area contributed by atoms with Crippen LogP contribution < -0.4 is 0 Å². The summed E-state index contributed by atoms with van der Waals surface area (Å²) in [5.41, 5.74) is 1.34. The maximum Gasteiger partial charge on any atom is 0.155 e. The molecular formula is C11H16O4S. The van der Waals surface area contributed by atoms with Crippen molar-refractivity contribution in [2.24, 2.45) is 0 Å². The van der Waals surface area contributed by atoms with E-state index in [2.05, 4.69) is 0 Å². The fourth-order valence-corrected chi connectivity index (χ4v) is 2.47. The van der Waals surface area contributed by atoms with E-state index in [9.17, 15) is 13.5 Å². The average Bonchev–Trinajstić information content (AvgIpc) is 2.17. The first-order valence-electron chi connectivity index (χ1n) is 4.91. The molecule has 0 aromatic heterocycles. The van der Waals surface area contributed by atoms with Gasteiger partial charge in [-0.2, -0.15) is 0 Å². The van der Waals surface area contributed by atoms with Gasteiger partial charge in [0.1, 0.15) is 5.25 Å². The third-order valence-electron chi connectivity index (χ3n) is 2.59. The first-order valence-corrected chi connectivity index (χ1v) is 6.86. The smallest absolute Gasteiger partial charge is 0.155 e. The van der Waals surface area contributed by atoms with Gasteiger partial charge in [0, 0.05) is 6.26 Å². The number of aryl methyl sites for hydroxylation is 1. The quantitative estimate of drug-likeness (QED) is 0.805. The molecule has 0 heterocycles. The Labute approximate surface area is 95.5 Å². The SMILES string of the molecule is Cc1ccccc1[C@H](O)[C@@H](CO)S(C)(=O)=O. The van der Waals surface area contributed by atoms with Gasteiger partial charge in [-0.15, -0.1) is 0 Å². The molecule has 5 heteroatoms. The number of sulfone groups is 1. The van der Waals surface area contributed by atoms with E-state index >= 15 is 0 Å². The molecule has 2 N–H and O–H groups in total. The Bertz CT molecular complexity index is 453. The molecule has 0 fully saturated rings. The van der Waals surface area contributed by atoms with Crippen LogP contribution in [0.1, 0.15) is 17.2 Å². The van der Waals surface area contributed by atoms with Crippen molar-refractivity contribution in [3.05, 3.63) is 35.4 Å². The Balaban J connectivity index is 3.10. The molecule has 0 aliphatic rings. The summed E-state index contributed by atoms with van der Waals surface area (Å²) in [4.78, 5) is 0. The number of hydrogen-bond donors (Lipinski definition) is 2. The summed E-state index contributed by atoms with van der Waals surface area (Å²) in [6.07, 6.45) is -0.184. The van der Waals surface area contributed by atoms with E-state index in [0.717, 1.165) is 11.8 Å². The van der Waals surface area contributed by atoms with E-state index in [1.54, 1.807) is 31.2 Å². The Morgan fingerprint density at radius 2 is 1.88 bits per heavy atom. The minimum atomic E-state index is -3.48. The normalized spacial score (nSPS) is 15.8. The third kappa shape index (κ3) is 2.81. The molecule has 0 radical (unpaired) electrons. The van der Waals surface area contributed by atoms with Gasteiger partial charge in [-0.3, -0.25) is 0 Å². The summed E-state index contributed by atoms with van der Waals surface area (Å²) in [7, 11) is -3.48. The van der Waals surface area contributed by atoms with Crippen molar-refractivity contribution < 1.29 is 18.6 Å². The molecule has 1 rings (SSSR count). The van der Waals surface area contributed by atoms with Gasteiger partial charge < -0.3 is 10.2 Å². The second-order valence-corrected chi connectivity index (χ2v) is 6.12. The summed E-state index contributed by atoms with van der Waals surface area (Å²) >= 11 is 0. The first kappa shape index (κ1) is 13.2. The lowest BCUT2D eigenvalue weighted by Gasteiger charge is -2.21. The minimum absolute atomic E-state index is 0.534. The van der Waals surface area contributed by atoms with E-state index < -0.39 is 27.8 Å². The van der Waals surface area contributed by atoms with Crippen LogP contribution in [0.2, 0.25) is 0 Å². The zero-order valence-corrected chi connectivity index (χ0v) is 10.1. The topological polar surface area (TPSA) is 74.6 Å². The van der Waals surface area contributed by atoms with Crippen molar-refractivity contribution in [3.8, 4) is 0 Å². The zero-order chi connectivity index (χ0) is 12.3. The third-order valence-corrected chi connectivity index (χ3v) is 4.10. The Morgan fingerprint density at radius 3 is 2.31 bits per heavy atom. The van der Waals surface area contributed by atoms with Crippen molar-refractivity contribution in [3.63, 3.8) is 0 Å². The minimum Gasteiger partial charge on any atom is -0.395 e. The van der Waals surface area contributed by atoms with Crippen LogP contribution in [0.15, 0.2) is 24.3 Å². The zero-order valence-electron chi connectivity index (χ0n) is 9.29. The summed E-state index contributed by atoms with van der Waals surface area (Å²) in [5, 5.41) is 17.8. The molecule has 0 bridgehead atoms. The number of aliphatic hydroxyl groups is 2. The molecule has 2 atom stereocenters. The van der Waals surface area contributed by atoms with Crippen LogP contribution in [-0.2, 0) is 9.84 Å². The lowest BCUT2D eigenvalue weighted by Crippen LogP contribution is -2.31. The van der Waals surface area contributed by atoms with Crippen molar-refractivity contribution in [1.82, 2.24) is 0 Å². The predicted molar refractivity (Wildman–Crippen MR) is 61.9 cm³/mol. The summed E-state index contributed by atoms with van der Waals surface area (Å²) < 4.78 is 22.7. The predicted octanol–water partition coefficient (Wildman–Crippen LogP) is 0.434. The molecule has 0 spiro atoms. The van der Waals surface area contributed by atoms with Crippen molar-refractivity contribution in [2.75, 3.05) is 12.9 Å². The molecule has 1 aromatic rings. The number of benzene rings is 1. The van der Waals surface area contributed by atoms with Crippen LogP contribution in [0, 0.1) is 6.92 Å². The van der Waals surface area contributed by atoms with Gasteiger partial charge in [0.05, 0.1) is 12.7 Å². The Morgan fingerprint density at radius 1 is 1.31 bits per heavy atom. The summed E-state index contributed by atoms with van der Waals surface area (Å²) in [6.45, 7) is 1.20. The van der Waals surface area contributed by atoms with Gasteiger partial charge in [0.15, 0.2) is 9.84 Å². The highest BCUT2D eigenvalue weighted by molar-refractivity contribution is 7.91. The van der Waals surface area contributed by atoms with Crippen molar-refractivity contribution >= 4 is 9.84 Å². The maximum absolute atomic E-state index is 11.4. The van der Waals surface area contributed by atoms with E-state index in [1.165, 1.54) is 0 Å². The largest absolute Gasteiger partial charge is 0.395 e. The molecule has 4 nitrogen and oxygen atoms in total. The van der Waals surface area contributed by atoms with E-state index in [0.29, 0.717) is 5.56 Å². The molecule has 0 amide bonds. The van der Waals surface area contributed by atoms with Crippen LogP contribution >= 0.6 is 0 Å². The highest BCUT2D eigenvalue weighted by Gasteiger charge is 2.30. The molecule has 90 valence electrons. The standard InChI is InChI=1S/C11H16O4S/c1-8-5-3-4-6-9(8)11(13)10(7-12)16(2,14)15/h3-6,10-13H,7H2,1-2H3/t10-,11+/m1/s1. The number of aliphatic hydroxyl groups excluding tert-OH is 2. The van der Waals surface area contributed by atoms with Crippen LogP contribution in [0.5, 0.6) is 0 Å². The van der Waals surface area contributed by atoms with Gasteiger partial charge in [0.25, 0.3) is 0 Å². The monoisotopic (exact) mass is 244 g/mol. The second kappa shape index (κ2) is 4.95. The van der Waals surface area contributed by atoms with E-state index in [4.69, 9.17) is 5.11 Å². The highest BCUT2D eigenvalue weighted by Crippen LogP contribution is 2.24. The van der Waals surface area contributed by atoms with E-state index in [1.807, 2.05) is 0 Å². The summed E-state index contributed by atoms with van der Waals surface area (Å²) in [6, 6.07) is 6.98. The molecule has 0 aliphatic heterocycles. The molecule has 16 heavy (non-hydrogen) atoms. The van der Waals surface area contributed by atoms with Crippen LogP contribution in [0.4, 0.5) is 0 Å². The lowest BCUT2D eigenvalue weighted by molar-refractivity contribution is 0.137. The van der Waals surface area contributed by atoms with Gasteiger partial charge >= 0.3 is 0 Å². The fraction of sp³-hybridized carbons (Fsp3) is 0.455. The molecule has 0 unspecified atom stereocenters. The van der Waals surface area contributed by atoms with Crippen LogP contribution in [-0.4, -0.2) is 36.7 Å². The van der Waals surface area contributed by atoms with Gasteiger partial charge in [-0.05, 0) is 18.1 Å². The average molecular weight is 244 g/mol. The first-order chi connectivity index (χ1) is 7.38. The lowest BCUT2D eigenvalue weighted by atomic mass is 10.0. The van der Waals surface area contributed by atoms with Crippen LogP contribution in [0.25, 0.3) is 0 Å². The van der Waals surface area contributed by atoms with Crippen LogP contribution in [0.3, 0.4) is 0 Å². The van der Waals surface area contributed by atoms with Crippen molar-refractivity contribution in [2.45, 2.75) is 18.3 Å². The molecule has 1 aromatic carbocycles. The van der Waals surface area contributed by atoms with Gasteiger partial charge in [-0.1, -0.05) is 24.3 Å². The van der Waals surface area contributed by atoms with E-state index in [-0.39, 0.29) is 0 Å². The molecule has 0 saturated carbocycles. The Hall–Kier alpha value is -0.910. The van der Waals surface area contributed by atoms with Crippen molar-refractivity contribution in [1.29, 1.82) is 0 Å². The highest BCUT2D eigenvalue weighted by atomic mass is 32.2.